The van der Waals surface area contributed by atoms with Crippen LogP contribution in [-0.4, -0.2) is 13.7 Å². The standard InChI is InChI=1S/C14H19NO/c1-4-6-11-16-13-9-7-12(8-10-13)14(5-2)15-3/h1,7-10,14-15H,5-6,11H2,2-3H3. The minimum atomic E-state index is 0.416. The Morgan fingerprint density at radius 1 is 1.38 bits per heavy atom. The number of ether oxygens (including phenoxy) is 1. The van der Waals surface area contributed by atoms with Crippen molar-refractivity contribution in [3.63, 3.8) is 0 Å². The first-order valence-corrected chi connectivity index (χ1v) is 5.65. The Balaban J connectivity index is 2.57. The smallest absolute Gasteiger partial charge is 0.119 e. The largest absolute Gasteiger partial charge is 0.493 e. The second-order valence-electron chi connectivity index (χ2n) is 3.62. The van der Waals surface area contributed by atoms with Crippen LogP contribution < -0.4 is 10.1 Å². The monoisotopic (exact) mass is 217 g/mol. The third-order valence-electron chi connectivity index (χ3n) is 2.55. The molecule has 2 nitrogen and oxygen atoms in total. The van der Waals surface area contributed by atoms with Crippen LogP contribution in [-0.2, 0) is 0 Å². The first-order chi connectivity index (χ1) is 7.81. The van der Waals surface area contributed by atoms with Gasteiger partial charge in [0.05, 0.1) is 6.61 Å². The molecular formula is C14H19NO. The number of nitrogens with one attached hydrogen (secondary N) is 1. The van der Waals surface area contributed by atoms with Crippen LogP contribution in [0.2, 0.25) is 0 Å². The highest BCUT2D eigenvalue weighted by Gasteiger charge is 2.05. The van der Waals surface area contributed by atoms with Gasteiger partial charge in [0.25, 0.3) is 0 Å². The van der Waals surface area contributed by atoms with Crippen LogP contribution in [0.4, 0.5) is 0 Å². The van der Waals surface area contributed by atoms with Crippen molar-refractivity contribution < 1.29 is 4.74 Å². The summed E-state index contributed by atoms with van der Waals surface area (Å²) in [4.78, 5) is 0. The molecule has 1 aromatic rings. The molecule has 0 saturated heterocycles. The zero-order chi connectivity index (χ0) is 11.8. The molecule has 0 aliphatic heterocycles. The second kappa shape index (κ2) is 6.92. The number of rotatable bonds is 6. The molecule has 0 spiro atoms. The van der Waals surface area contributed by atoms with Gasteiger partial charge in [0, 0.05) is 12.5 Å². The quantitative estimate of drug-likeness (QED) is 0.584. The molecule has 0 heterocycles. The van der Waals surface area contributed by atoms with E-state index >= 15 is 0 Å². The van der Waals surface area contributed by atoms with Crippen LogP contribution in [0.1, 0.15) is 31.4 Å². The molecular weight excluding hydrogens is 198 g/mol. The van der Waals surface area contributed by atoms with E-state index in [4.69, 9.17) is 11.2 Å². The molecule has 1 aromatic carbocycles. The molecule has 0 amide bonds. The summed E-state index contributed by atoms with van der Waals surface area (Å²) in [6.45, 7) is 2.75. The number of hydrogen-bond donors (Lipinski definition) is 1. The Hall–Kier alpha value is -1.46. The van der Waals surface area contributed by atoms with Gasteiger partial charge in [0.15, 0.2) is 0 Å². The van der Waals surface area contributed by atoms with Gasteiger partial charge < -0.3 is 10.1 Å². The van der Waals surface area contributed by atoms with E-state index in [1.807, 2.05) is 19.2 Å². The van der Waals surface area contributed by atoms with E-state index in [-0.39, 0.29) is 0 Å². The topological polar surface area (TPSA) is 21.3 Å². The van der Waals surface area contributed by atoms with E-state index in [0.29, 0.717) is 19.1 Å². The highest BCUT2D eigenvalue weighted by molar-refractivity contribution is 5.29. The van der Waals surface area contributed by atoms with Crippen molar-refractivity contribution in [2.75, 3.05) is 13.7 Å². The predicted octanol–water partition coefficient (Wildman–Crippen LogP) is 2.76. The molecule has 86 valence electrons. The van der Waals surface area contributed by atoms with Crippen LogP contribution in [0.25, 0.3) is 0 Å². The lowest BCUT2D eigenvalue weighted by molar-refractivity contribution is 0.327. The molecule has 1 rings (SSSR count). The minimum Gasteiger partial charge on any atom is -0.493 e. The maximum absolute atomic E-state index is 5.49. The van der Waals surface area contributed by atoms with Crippen molar-refractivity contribution in [3.8, 4) is 18.1 Å². The Morgan fingerprint density at radius 3 is 2.56 bits per heavy atom. The van der Waals surface area contributed by atoms with Crippen molar-refractivity contribution in [2.45, 2.75) is 25.8 Å². The van der Waals surface area contributed by atoms with Crippen LogP contribution in [0.5, 0.6) is 5.75 Å². The Bertz CT molecular complexity index is 333. The van der Waals surface area contributed by atoms with E-state index in [0.717, 1.165) is 12.2 Å². The van der Waals surface area contributed by atoms with Gasteiger partial charge in [-0.3, -0.25) is 0 Å². The van der Waals surface area contributed by atoms with Gasteiger partial charge in [-0.1, -0.05) is 19.1 Å². The fourth-order valence-corrected chi connectivity index (χ4v) is 1.63. The lowest BCUT2D eigenvalue weighted by atomic mass is 10.1. The molecule has 0 saturated carbocycles. The fourth-order valence-electron chi connectivity index (χ4n) is 1.63. The summed E-state index contributed by atoms with van der Waals surface area (Å²) in [7, 11) is 1.98. The van der Waals surface area contributed by atoms with Crippen molar-refractivity contribution >= 4 is 0 Å². The molecule has 0 fully saturated rings. The summed E-state index contributed by atoms with van der Waals surface area (Å²) in [5, 5.41) is 3.27. The molecule has 1 unspecified atom stereocenters. The van der Waals surface area contributed by atoms with E-state index < -0.39 is 0 Å². The summed E-state index contributed by atoms with van der Waals surface area (Å²) >= 11 is 0. The summed E-state index contributed by atoms with van der Waals surface area (Å²) < 4.78 is 5.49. The van der Waals surface area contributed by atoms with Crippen LogP contribution in [0, 0.1) is 12.3 Å². The first kappa shape index (κ1) is 12.6. The average molecular weight is 217 g/mol. The molecule has 2 heteroatoms. The van der Waals surface area contributed by atoms with E-state index in [2.05, 4.69) is 30.3 Å². The van der Waals surface area contributed by atoms with Crippen molar-refractivity contribution in [3.05, 3.63) is 29.8 Å². The molecule has 0 bridgehead atoms. The molecule has 0 radical (unpaired) electrons. The molecule has 0 aliphatic carbocycles. The van der Waals surface area contributed by atoms with Crippen molar-refractivity contribution in [2.24, 2.45) is 0 Å². The summed E-state index contributed by atoms with van der Waals surface area (Å²) in [6, 6.07) is 8.59. The zero-order valence-corrected chi connectivity index (χ0v) is 9.99. The number of benzene rings is 1. The first-order valence-electron chi connectivity index (χ1n) is 5.65. The van der Waals surface area contributed by atoms with Crippen LogP contribution in [0.3, 0.4) is 0 Å². The van der Waals surface area contributed by atoms with Gasteiger partial charge in [-0.15, -0.1) is 12.3 Å². The highest BCUT2D eigenvalue weighted by Crippen LogP contribution is 2.19. The maximum atomic E-state index is 5.49. The molecule has 16 heavy (non-hydrogen) atoms. The Morgan fingerprint density at radius 2 is 2.06 bits per heavy atom. The Kier molecular flexibility index (Phi) is 5.45. The SMILES string of the molecule is C#CCCOc1ccc(C(CC)NC)cc1. The third kappa shape index (κ3) is 3.60. The van der Waals surface area contributed by atoms with Gasteiger partial charge in [-0.25, -0.2) is 0 Å². The molecule has 1 atom stereocenters. The second-order valence-corrected chi connectivity index (χ2v) is 3.62. The van der Waals surface area contributed by atoms with Crippen LogP contribution in [0.15, 0.2) is 24.3 Å². The van der Waals surface area contributed by atoms with E-state index in [1.54, 1.807) is 0 Å². The van der Waals surface area contributed by atoms with Crippen molar-refractivity contribution in [1.29, 1.82) is 0 Å². The minimum absolute atomic E-state index is 0.416. The van der Waals surface area contributed by atoms with Crippen molar-refractivity contribution in [1.82, 2.24) is 5.32 Å². The van der Waals surface area contributed by atoms with Gasteiger partial charge in [0.1, 0.15) is 5.75 Å². The summed E-state index contributed by atoms with van der Waals surface area (Å²) in [5.74, 6) is 3.43. The van der Waals surface area contributed by atoms with E-state index in [1.165, 1.54) is 5.56 Å². The predicted molar refractivity (Wildman–Crippen MR) is 67.5 cm³/mol. The molecule has 0 aromatic heterocycles. The fraction of sp³-hybridized carbons (Fsp3) is 0.429. The van der Waals surface area contributed by atoms with Gasteiger partial charge in [0.2, 0.25) is 0 Å². The normalized spacial score (nSPS) is 11.8. The van der Waals surface area contributed by atoms with Gasteiger partial charge >= 0.3 is 0 Å². The average Bonchev–Trinajstić information content (AvgIpc) is 2.33. The molecule has 1 N–H and O–H groups in total. The molecule has 0 aliphatic rings. The summed E-state index contributed by atoms with van der Waals surface area (Å²) in [5.41, 5.74) is 1.29. The van der Waals surface area contributed by atoms with Gasteiger partial charge in [-0.2, -0.15) is 0 Å². The third-order valence-corrected chi connectivity index (χ3v) is 2.55. The maximum Gasteiger partial charge on any atom is 0.119 e. The van der Waals surface area contributed by atoms with Crippen LogP contribution >= 0.6 is 0 Å². The Labute approximate surface area is 98.0 Å². The number of terminal acetylenes is 1. The highest BCUT2D eigenvalue weighted by atomic mass is 16.5. The van der Waals surface area contributed by atoms with Gasteiger partial charge in [-0.05, 0) is 31.2 Å². The lowest BCUT2D eigenvalue weighted by Gasteiger charge is -2.14. The number of hydrogen-bond acceptors (Lipinski definition) is 2. The lowest BCUT2D eigenvalue weighted by Crippen LogP contribution is -2.14. The zero-order valence-electron chi connectivity index (χ0n) is 9.99. The van der Waals surface area contributed by atoms with E-state index in [9.17, 15) is 0 Å². The summed E-state index contributed by atoms with van der Waals surface area (Å²) in [6.07, 6.45) is 6.88.